The minimum atomic E-state index is 0.0522. The van der Waals surface area contributed by atoms with Gasteiger partial charge in [-0.25, -0.2) is 15.0 Å². The lowest BCUT2D eigenvalue weighted by molar-refractivity contribution is 0.586. The van der Waals surface area contributed by atoms with E-state index in [1.165, 1.54) is 0 Å². The summed E-state index contributed by atoms with van der Waals surface area (Å²) in [4.78, 5) is 13.9. The first-order valence-electron chi connectivity index (χ1n) is 7.07. The predicted molar refractivity (Wildman–Crippen MR) is 93.1 cm³/mol. The van der Waals surface area contributed by atoms with Gasteiger partial charge in [-0.3, -0.25) is 0 Å². The van der Waals surface area contributed by atoms with Gasteiger partial charge in [-0.15, -0.1) is 11.3 Å². The van der Waals surface area contributed by atoms with Crippen molar-refractivity contribution in [3.63, 3.8) is 0 Å². The number of aromatic nitrogens is 3. The Kier molecular flexibility index (Phi) is 4.99. The third kappa shape index (κ3) is 3.80. The molecule has 2 rings (SSSR count). The van der Waals surface area contributed by atoms with Crippen LogP contribution in [0, 0.1) is 6.92 Å². The van der Waals surface area contributed by atoms with Gasteiger partial charge in [0.25, 0.3) is 0 Å². The average molecular weight is 369 g/mol. The van der Waals surface area contributed by atoms with Gasteiger partial charge in [0.1, 0.15) is 11.5 Å². The maximum absolute atomic E-state index is 4.69. The number of hydrogen-bond donors (Lipinski definition) is 1. The van der Waals surface area contributed by atoms with Crippen molar-refractivity contribution < 1.29 is 0 Å². The zero-order valence-corrected chi connectivity index (χ0v) is 15.5. The molecule has 1 N–H and O–H groups in total. The van der Waals surface area contributed by atoms with Gasteiger partial charge in [0.15, 0.2) is 5.82 Å². The molecular weight excluding hydrogens is 348 g/mol. The molecule has 2 aromatic rings. The van der Waals surface area contributed by atoms with Crippen molar-refractivity contribution in [3.05, 3.63) is 20.6 Å². The summed E-state index contributed by atoms with van der Waals surface area (Å²) in [5, 5.41) is 6.46. The number of hydrogen-bond acceptors (Lipinski definition) is 5. The van der Waals surface area contributed by atoms with Crippen LogP contribution in [0.3, 0.4) is 0 Å². The van der Waals surface area contributed by atoms with E-state index in [2.05, 4.69) is 58.9 Å². The van der Waals surface area contributed by atoms with Crippen molar-refractivity contribution in [3.8, 4) is 11.5 Å². The third-order valence-electron chi connectivity index (χ3n) is 2.93. The van der Waals surface area contributed by atoms with Gasteiger partial charge in [-0.1, -0.05) is 27.7 Å². The highest BCUT2D eigenvalue weighted by Gasteiger charge is 2.20. The fourth-order valence-electron chi connectivity index (χ4n) is 1.76. The molecule has 0 saturated heterocycles. The van der Waals surface area contributed by atoms with Crippen LogP contribution in [0.1, 0.15) is 44.8 Å². The first-order valence-corrected chi connectivity index (χ1v) is 8.74. The number of nitrogens with one attached hydrogen (secondary N) is 1. The average Bonchev–Trinajstić information content (AvgIpc) is 2.90. The fraction of sp³-hybridized carbons (Fsp3) is 0.533. The van der Waals surface area contributed by atoms with Crippen LogP contribution in [0.4, 0.5) is 5.82 Å². The molecule has 0 aliphatic rings. The smallest absolute Gasteiger partial charge is 0.181 e. The molecular formula is C15H21BrN4S. The summed E-state index contributed by atoms with van der Waals surface area (Å²) in [5.41, 5.74) is 1.82. The summed E-state index contributed by atoms with van der Waals surface area (Å²) in [5.74, 6) is 1.52. The lowest BCUT2D eigenvalue weighted by Crippen LogP contribution is -2.10. The maximum Gasteiger partial charge on any atom is 0.181 e. The number of nitrogens with zero attached hydrogens (tertiary/aromatic N) is 3. The molecule has 114 valence electrons. The lowest BCUT2D eigenvalue weighted by atomic mass is 9.98. The SMILES string of the molecule is CCCNc1nc(-c2csc(C(C)(C)C)n2)nc(C)c1Br. The van der Waals surface area contributed by atoms with E-state index in [1.807, 2.05) is 12.3 Å². The van der Waals surface area contributed by atoms with Crippen molar-refractivity contribution in [1.29, 1.82) is 0 Å². The molecule has 21 heavy (non-hydrogen) atoms. The van der Waals surface area contributed by atoms with Crippen molar-refractivity contribution in [2.24, 2.45) is 0 Å². The van der Waals surface area contributed by atoms with Crippen molar-refractivity contribution in [2.75, 3.05) is 11.9 Å². The van der Waals surface area contributed by atoms with Crippen LogP contribution < -0.4 is 5.32 Å². The topological polar surface area (TPSA) is 50.7 Å². The molecule has 0 bridgehead atoms. The van der Waals surface area contributed by atoms with E-state index in [9.17, 15) is 0 Å². The zero-order chi connectivity index (χ0) is 15.6. The molecule has 0 amide bonds. The Balaban J connectivity index is 2.40. The van der Waals surface area contributed by atoms with Crippen LogP contribution in [0.25, 0.3) is 11.5 Å². The van der Waals surface area contributed by atoms with Gasteiger partial charge >= 0.3 is 0 Å². The minimum Gasteiger partial charge on any atom is -0.369 e. The summed E-state index contributed by atoms with van der Waals surface area (Å²) in [6, 6.07) is 0. The van der Waals surface area contributed by atoms with Gasteiger partial charge in [0.05, 0.1) is 15.2 Å². The molecule has 6 heteroatoms. The predicted octanol–water partition coefficient (Wildman–Crippen LogP) is 4.79. The van der Waals surface area contributed by atoms with Crippen LogP contribution in [-0.4, -0.2) is 21.5 Å². The summed E-state index contributed by atoms with van der Waals surface area (Å²) >= 11 is 5.21. The fourth-order valence-corrected chi connectivity index (χ4v) is 2.96. The summed E-state index contributed by atoms with van der Waals surface area (Å²) in [6.45, 7) is 11.5. The van der Waals surface area contributed by atoms with Crippen molar-refractivity contribution in [2.45, 2.75) is 46.5 Å². The van der Waals surface area contributed by atoms with Crippen molar-refractivity contribution >= 4 is 33.1 Å². The highest BCUT2D eigenvalue weighted by molar-refractivity contribution is 9.10. The number of rotatable bonds is 4. The van der Waals surface area contributed by atoms with Gasteiger partial charge in [-0.2, -0.15) is 0 Å². The Morgan fingerprint density at radius 2 is 1.95 bits per heavy atom. The molecule has 0 saturated carbocycles. The summed E-state index contributed by atoms with van der Waals surface area (Å²) in [7, 11) is 0. The molecule has 2 heterocycles. The molecule has 0 unspecified atom stereocenters. The molecule has 0 aliphatic carbocycles. The number of anilines is 1. The van der Waals surface area contributed by atoms with E-state index in [-0.39, 0.29) is 5.41 Å². The van der Waals surface area contributed by atoms with Gasteiger partial charge in [0.2, 0.25) is 0 Å². The molecule has 0 atom stereocenters. The lowest BCUT2D eigenvalue weighted by Gasteiger charge is -2.13. The maximum atomic E-state index is 4.69. The standard InChI is InChI=1S/C15H21BrN4S/c1-6-7-17-13-11(16)9(2)18-12(20-13)10-8-21-14(19-10)15(3,4)5/h8H,6-7H2,1-5H3,(H,17,18,20). The summed E-state index contributed by atoms with van der Waals surface area (Å²) in [6.07, 6.45) is 1.05. The molecule has 0 aliphatic heterocycles. The Hall–Kier alpha value is -1.01. The largest absolute Gasteiger partial charge is 0.369 e. The van der Waals surface area contributed by atoms with Crippen molar-refractivity contribution in [1.82, 2.24) is 15.0 Å². The number of halogens is 1. The van der Waals surface area contributed by atoms with Crippen LogP contribution in [0.5, 0.6) is 0 Å². The van der Waals surface area contributed by atoms with Gasteiger partial charge in [0, 0.05) is 17.3 Å². The second-order valence-electron chi connectivity index (χ2n) is 6.01. The molecule has 4 nitrogen and oxygen atoms in total. The molecule has 0 radical (unpaired) electrons. The Labute approximate surface area is 138 Å². The Morgan fingerprint density at radius 1 is 1.24 bits per heavy atom. The zero-order valence-electron chi connectivity index (χ0n) is 13.1. The second-order valence-corrected chi connectivity index (χ2v) is 7.66. The molecule has 0 spiro atoms. The Morgan fingerprint density at radius 3 is 2.52 bits per heavy atom. The third-order valence-corrected chi connectivity index (χ3v) is 5.15. The van der Waals surface area contributed by atoms with Crippen LogP contribution in [-0.2, 0) is 5.41 Å². The van der Waals surface area contributed by atoms with Crippen LogP contribution in [0.2, 0.25) is 0 Å². The highest BCUT2D eigenvalue weighted by Crippen LogP contribution is 2.31. The summed E-state index contributed by atoms with van der Waals surface area (Å²) < 4.78 is 0.922. The number of thiazole rings is 1. The quantitative estimate of drug-likeness (QED) is 0.842. The Bertz CT molecular complexity index is 631. The first-order chi connectivity index (χ1) is 9.82. The monoisotopic (exact) mass is 368 g/mol. The van der Waals surface area contributed by atoms with E-state index >= 15 is 0 Å². The normalized spacial score (nSPS) is 11.7. The molecule has 2 aromatic heterocycles. The van der Waals surface area contributed by atoms with E-state index in [0.29, 0.717) is 5.82 Å². The van der Waals surface area contributed by atoms with Crippen LogP contribution >= 0.6 is 27.3 Å². The van der Waals surface area contributed by atoms with E-state index in [4.69, 9.17) is 4.98 Å². The van der Waals surface area contributed by atoms with Gasteiger partial charge < -0.3 is 5.32 Å². The number of aryl methyl sites for hydroxylation is 1. The van der Waals surface area contributed by atoms with E-state index in [1.54, 1.807) is 11.3 Å². The van der Waals surface area contributed by atoms with E-state index < -0.39 is 0 Å². The highest BCUT2D eigenvalue weighted by atomic mass is 79.9. The first kappa shape index (κ1) is 16.4. The molecule has 0 fully saturated rings. The van der Waals surface area contributed by atoms with E-state index in [0.717, 1.165) is 39.7 Å². The van der Waals surface area contributed by atoms with Crippen LogP contribution in [0.15, 0.2) is 9.85 Å². The minimum absolute atomic E-state index is 0.0522. The van der Waals surface area contributed by atoms with Gasteiger partial charge in [-0.05, 0) is 29.3 Å². The second kappa shape index (κ2) is 6.40. The molecule has 0 aromatic carbocycles.